The quantitative estimate of drug-likeness (QED) is 0.500. The van der Waals surface area contributed by atoms with E-state index in [1.807, 2.05) is 0 Å². The highest BCUT2D eigenvalue weighted by atomic mass is 32.1. The molecule has 9 heteroatoms. The number of hydrogen-bond donors (Lipinski definition) is 1. The summed E-state index contributed by atoms with van der Waals surface area (Å²) < 4.78 is 5.70. The number of nitro groups is 1. The lowest BCUT2D eigenvalue weighted by Gasteiger charge is -2.18. The second-order valence-corrected chi connectivity index (χ2v) is 8.41. The molecule has 2 aromatic heterocycles. The number of aryl methyl sites for hydroxylation is 2. The Labute approximate surface area is 171 Å². The molecule has 0 bridgehead atoms. The summed E-state index contributed by atoms with van der Waals surface area (Å²) in [5.41, 5.74) is 1.95. The monoisotopic (exact) mass is 412 g/mol. The molecule has 2 heterocycles. The number of ether oxygens (including phenoxy) is 1. The maximum absolute atomic E-state index is 12.4. The zero-order valence-corrected chi connectivity index (χ0v) is 16.9. The number of amides is 1. The van der Waals surface area contributed by atoms with Crippen molar-refractivity contribution in [2.24, 2.45) is 5.92 Å². The number of anilines is 1. The Bertz CT molecular complexity index is 1110. The standard InChI is InChI=1S/C20H20N4O4S/c1-11-4-6-14(15(7-11)24(26)27)23-17(25)9-28-19-18-13-5-3-12(2)8-16(13)29-20(18)22-10-21-19/h4,6-7,10,12H,3,5,8-9H2,1-2H3,(H,23,25)/t12-/m0/s1. The SMILES string of the molecule is Cc1ccc(NC(=O)COc2ncnc3sc4c(c23)CC[C@H](C)C4)c([N+](=O)[O-])c1. The van der Waals surface area contributed by atoms with Gasteiger partial charge in [0.2, 0.25) is 5.88 Å². The average molecular weight is 412 g/mol. The minimum atomic E-state index is -0.518. The van der Waals surface area contributed by atoms with Gasteiger partial charge >= 0.3 is 0 Å². The van der Waals surface area contributed by atoms with Crippen LogP contribution in [0.2, 0.25) is 0 Å². The third kappa shape index (κ3) is 3.91. The summed E-state index contributed by atoms with van der Waals surface area (Å²) in [5.74, 6) is 0.543. The lowest BCUT2D eigenvalue weighted by Crippen LogP contribution is -2.21. The van der Waals surface area contributed by atoms with E-state index in [9.17, 15) is 14.9 Å². The number of carbonyl (C=O) groups excluding carboxylic acids is 1. The third-order valence-electron chi connectivity index (χ3n) is 5.02. The smallest absolute Gasteiger partial charge is 0.293 e. The van der Waals surface area contributed by atoms with Gasteiger partial charge in [-0.25, -0.2) is 9.97 Å². The van der Waals surface area contributed by atoms with Crippen LogP contribution >= 0.6 is 11.3 Å². The second kappa shape index (κ2) is 7.75. The first-order valence-corrected chi connectivity index (χ1v) is 10.2. The van der Waals surface area contributed by atoms with Crippen LogP contribution in [-0.2, 0) is 17.6 Å². The first kappa shape index (κ1) is 19.3. The molecule has 150 valence electrons. The normalized spacial score (nSPS) is 15.7. The highest BCUT2D eigenvalue weighted by Crippen LogP contribution is 2.40. The fraction of sp³-hybridized carbons (Fsp3) is 0.350. The summed E-state index contributed by atoms with van der Waals surface area (Å²) in [6.45, 7) is 3.70. The molecule has 3 aromatic rings. The van der Waals surface area contributed by atoms with Gasteiger partial charge < -0.3 is 10.1 Å². The fourth-order valence-corrected chi connectivity index (χ4v) is 4.92. The number of nitro benzene ring substituents is 1. The minimum Gasteiger partial charge on any atom is -0.467 e. The van der Waals surface area contributed by atoms with Crippen LogP contribution in [0.1, 0.15) is 29.3 Å². The number of benzene rings is 1. The summed E-state index contributed by atoms with van der Waals surface area (Å²) in [5, 5.41) is 14.7. The molecule has 0 saturated carbocycles. The zero-order chi connectivity index (χ0) is 20.5. The Kier molecular flexibility index (Phi) is 5.14. The van der Waals surface area contributed by atoms with E-state index < -0.39 is 10.8 Å². The predicted octanol–water partition coefficient (Wildman–Crippen LogP) is 4.05. The maximum Gasteiger partial charge on any atom is 0.293 e. The van der Waals surface area contributed by atoms with Crippen LogP contribution in [0.15, 0.2) is 24.5 Å². The van der Waals surface area contributed by atoms with Crippen molar-refractivity contribution in [3.63, 3.8) is 0 Å². The number of nitrogens with one attached hydrogen (secondary N) is 1. The van der Waals surface area contributed by atoms with Gasteiger partial charge in [0, 0.05) is 10.9 Å². The summed E-state index contributed by atoms with van der Waals surface area (Å²) in [4.78, 5) is 33.8. The molecule has 0 aliphatic heterocycles. The van der Waals surface area contributed by atoms with Crippen LogP contribution in [0.4, 0.5) is 11.4 Å². The molecule has 1 aromatic carbocycles. The predicted molar refractivity (Wildman–Crippen MR) is 111 cm³/mol. The van der Waals surface area contributed by atoms with Crippen molar-refractivity contribution in [3.05, 3.63) is 50.6 Å². The van der Waals surface area contributed by atoms with E-state index >= 15 is 0 Å². The molecule has 0 saturated heterocycles. The number of nitrogens with zero attached hydrogens (tertiary/aromatic N) is 3. The van der Waals surface area contributed by atoms with Crippen LogP contribution in [0, 0.1) is 23.0 Å². The molecule has 1 N–H and O–H groups in total. The molecular formula is C20H20N4O4S. The molecule has 8 nitrogen and oxygen atoms in total. The highest BCUT2D eigenvalue weighted by molar-refractivity contribution is 7.18. The largest absolute Gasteiger partial charge is 0.467 e. The summed E-state index contributed by atoms with van der Waals surface area (Å²) in [6.07, 6.45) is 4.51. The number of thiophene rings is 1. The molecule has 0 unspecified atom stereocenters. The average Bonchev–Trinajstić information content (AvgIpc) is 3.05. The van der Waals surface area contributed by atoms with Crippen molar-refractivity contribution in [1.82, 2.24) is 9.97 Å². The molecule has 1 amide bonds. The molecule has 1 aliphatic rings. The van der Waals surface area contributed by atoms with Crippen LogP contribution in [-0.4, -0.2) is 27.4 Å². The number of fused-ring (bicyclic) bond motifs is 3. The van der Waals surface area contributed by atoms with E-state index in [1.54, 1.807) is 24.3 Å². The van der Waals surface area contributed by atoms with Crippen LogP contribution in [0.5, 0.6) is 5.88 Å². The van der Waals surface area contributed by atoms with Gasteiger partial charge in [-0.15, -0.1) is 11.3 Å². The minimum absolute atomic E-state index is 0.143. The number of carbonyl (C=O) groups is 1. The Hall–Kier alpha value is -3.07. The van der Waals surface area contributed by atoms with E-state index in [0.29, 0.717) is 11.8 Å². The van der Waals surface area contributed by atoms with E-state index in [4.69, 9.17) is 4.74 Å². The lowest BCUT2D eigenvalue weighted by atomic mass is 9.89. The third-order valence-corrected chi connectivity index (χ3v) is 6.18. The second-order valence-electron chi connectivity index (χ2n) is 7.33. The number of aromatic nitrogens is 2. The Balaban J connectivity index is 1.52. The van der Waals surface area contributed by atoms with Crippen molar-refractivity contribution in [2.45, 2.75) is 33.1 Å². The Morgan fingerprint density at radius 2 is 2.24 bits per heavy atom. The lowest BCUT2D eigenvalue weighted by molar-refractivity contribution is -0.384. The van der Waals surface area contributed by atoms with Crippen molar-refractivity contribution >= 4 is 38.8 Å². The molecule has 0 fully saturated rings. The van der Waals surface area contributed by atoms with Crippen LogP contribution in [0.25, 0.3) is 10.2 Å². The van der Waals surface area contributed by atoms with Crippen molar-refractivity contribution in [2.75, 3.05) is 11.9 Å². The van der Waals surface area contributed by atoms with Gasteiger partial charge in [-0.05, 0) is 49.3 Å². The number of hydrogen-bond acceptors (Lipinski definition) is 7. The molecule has 0 radical (unpaired) electrons. The van der Waals surface area contributed by atoms with E-state index in [-0.39, 0.29) is 18.0 Å². The zero-order valence-electron chi connectivity index (χ0n) is 16.1. The van der Waals surface area contributed by atoms with Gasteiger partial charge in [-0.2, -0.15) is 0 Å². The van der Waals surface area contributed by atoms with Gasteiger partial charge in [0.1, 0.15) is 16.8 Å². The summed E-state index contributed by atoms with van der Waals surface area (Å²) >= 11 is 1.65. The highest BCUT2D eigenvalue weighted by Gasteiger charge is 2.24. The van der Waals surface area contributed by atoms with Gasteiger partial charge in [0.05, 0.1) is 10.3 Å². The van der Waals surface area contributed by atoms with Crippen molar-refractivity contribution < 1.29 is 14.5 Å². The molecule has 29 heavy (non-hydrogen) atoms. The number of rotatable bonds is 5. The fourth-order valence-electron chi connectivity index (χ4n) is 3.57. The van der Waals surface area contributed by atoms with Crippen molar-refractivity contribution in [3.8, 4) is 5.88 Å². The van der Waals surface area contributed by atoms with Gasteiger partial charge in [0.25, 0.3) is 11.6 Å². The Morgan fingerprint density at radius 3 is 3.03 bits per heavy atom. The molecular weight excluding hydrogens is 392 g/mol. The molecule has 4 rings (SSSR count). The molecule has 1 aliphatic carbocycles. The molecule has 1 atom stereocenters. The first-order valence-electron chi connectivity index (χ1n) is 9.35. The van der Waals surface area contributed by atoms with Gasteiger partial charge in [-0.3, -0.25) is 14.9 Å². The summed E-state index contributed by atoms with van der Waals surface area (Å²) in [6, 6.07) is 4.64. The van der Waals surface area contributed by atoms with E-state index in [0.717, 1.165) is 35.0 Å². The van der Waals surface area contributed by atoms with E-state index in [2.05, 4.69) is 22.2 Å². The maximum atomic E-state index is 12.4. The van der Waals surface area contributed by atoms with Crippen molar-refractivity contribution in [1.29, 1.82) is 0 Å². The summed E-state index contributed by atoms with van der Waals surface area (Å²) in [7, 11) is 0. The molecule has 0 spiro atoms. The van der Waals surface area contributed by atoms with E-state index in [1.165, 1.54) is 28.9 Å². The van der Waals surface area contributed by atoms with Crippen LogP contribution < -0.4 is 10.1 Å². The van der Waals surface area contributed by atoms with Gasteiger partial charge in [0.15, 0.2) is 6.61 Å². The topological polar surface area (TPSA) is 107 Å². The Morgan fingerprint density at radius 1 is 1.41 bits per heavy atom. The first-order chi connectivity index (χ1) is 13.9. The van der Waals surface area contributed by atoms with Gasteiger partial charge in [-0.1, -0.05) is 13.0 Å². The van der Waals surface area contributed by atoms with Crippen LogP contribution in [0.3, 0.4) is 0 Å².